The van der Waals surface area contributed by atoms with E-state index in [4.69, 9.17) is 9.47 Å². The molecule has 8 heteroatoms. The van der Waals surface area contributed by atoms with Gasteiger partial charge in [0.1, 0.15) is 24.6 Å². The molecule has 3 rings (SSSR count). The predicted octanol–water partition coefficient (Wildman–Crippen LogP) is 2.64. The predicted molar refractivity (Wildman–Crippen MR) is 94.6 cm³/mol. The zero-order chi connectivity index (χ0) is 18.5. The number of fused-ring (bicyclic) bond motifs is 1. The molecule has 0 spiro atoms. The van der Waals surface area contributed by atoms with Crippen molar-refractivity contribution in [3.05, 3.63) is 24.2 Å². The number of carbonyl (C=O) groups is 2. The van der Waals surface area contributed by atoms with Crippen LogP contribution in [0.3, 0.4) is 0 Å². The molecule has 1 saturated heterocycles. The summed E-state index contributed by atoms with van der Waals surface area (Å²) in [6, 6.07) is 3.82. The van der Waals surface area contributed by atoms with Crippen molar-refractivity contribution >= 4 is 23.2 Å². The number of esters is 1. The number of nitrogens with one attached hydrogen (secondary N) is 1. The first-order valence-electron chi connectivity index (χ1n) is 8.99. The first-order valence-corrected chi connectivity index (χ1v) is 8.99. The lowest BCUT2D eigenvalue weighted by atomic mass is 10.1. The van der Waals surface area contributed by atoms with Crippen molar-refractivity contribution in [1.82, 2.24) is 14.6 Å². The van der Waals surface area contributed by atoms with E-state index in [9.17, 15) is 9.59 Å². The molecule has 1 N–H and O–H groups in total. The molecule has 1 amide bonds. The van der Waals surface area contributed by atoms with E-state index in [1.807, 2.05) is 19.1 Å². The third kappa shape index (κ3) is 4.19. The maximum atomic E-state index is 12.0. The van der Waals surface area contributed by atoms with Crippen LogP contribution in [-0.2, 0) is 19.1 Å². The van der Waals surface area contributed by atoms with Crippen LogP contribution < -0.4 is 5.32 Å². The molecule has 1 fully saturated rings. The Balaban J connectivity index is 1.72. The second-order valence-corrected chi connectivity index (χ2v) is 6.44. The number of amides is 1. The molecule has 0 saturated carbocycles. The summed E-state index contributed by atoms with van der Waals surface area (Å²) in [5.41, 5.74) is 1.64. The average molecular weight is 360 g/mol. The summed E-state index contributed by atoms with van der Waals surface area (Å²) < 4.78 is 12.8. The number of nitrogens with zero attached hydrogens (tertiary/aromatic N) is 3. The van der Waals surface area contributed by atoms with Crippen LogP contribution in [0.25, 0.3) is 5.52 Å². The van der Waals surface area contributed by atoms with E-state index in [2.05, 4.69) is 15.4 Å². The molecule has 0 aliphatic carbocycles. The van der Waals surface area contributed by atoms with E-state index < -0.39 is 0 Å². The van der Waals surface area contributed by atoms with Gasteiger partial charge in [-0.15, -0.1) is 0 Å². The lowest BCUT2D eigenvalue weighted by Crippen LogP contribution is -2.17. The second kappa shape index (κ2) is 8.27. The molecule has 0 bridgehead atoms. The van der Waals surface area contributed by atoms with Crippen molar-refractivity contribution in [3.8, 4) is 0 Å². The Bertz CT molecular complexity index is 789. The summed E-state index contributed by atoms with van der Waals surface area (Å²) in [5.74, 6) is 0.150. The van der Waals surface area contributed by atoms with Crippen LogP contribution in [0.4, 0.5) is 5.82 Å². The third-order valence-corrected chi connectivity index (χ3v) is 4.41. The average Bonchev–Trinajstić information content (AvgIpc) is 3.25. The number of hydrogen-bond donors (Lipinski definition) is 1. The molecule has 2 atom stereocenters. The molecule has 8 nitrogen and oxygen atoms in total. The molecule has 2 aromatic rings. The van der Waals surface area contributed by atoms with E-state index in [-0.39, 0.29) is 30.7 Å². The lowest BCUT2D eigenvalue weighted by molar-refractivity contribution is -0.145. The normalized spacial score (nSPS) is 19.6. The monoisotopic (exact) mass is 360 g/mol. The number of anilines is 1. The van der Waals surface area contributed by atoms with Gasteiger partial charge in [-0.1, -0.05) is 13.3 Å². The van der Waals surface area contributed by atoms with E-state index >= 15 is 0 Å². The van der Waals surface area contributed by atoms with Crippen LogP contribution in [0.5, 0.6) is 0 Å². The van der Waals surface area contributed by atoms with Crippen molar-refractivity contribution in [1.29, 1.82) is 0 Å². The summed E-state index contributed by atoms with van der Waals surface area (Å²) in [5, 5.41) is 7.16. The van der Waals surface area contributed by atoms with Crippen LogP contribution >= 0.6 is 0 Å². The quantitative estimate of drug-likeness (QED) is 0.763. The van der Waals surface area contributed by atoms with Gasteiger partial charge in [0.05, 0.1) is 11.8 Å². The van der Waals surface area contributed by atoms with Gasteiger partial charge in [0.15, 0.2) is 5.82 Å². The highest BCUT2D eigenvalue weighted by molar-refractivity contribution is 5.93. The molecule has 3 heterocycles. The highest BCUT2D eigenvalue weighted by Gasteiger charge is 2.29. The lowest BCUT2D eigenvalue weighted by Gasteiger charge is -2.14. The molecule has 0 radical (unpaired) electrons. The fraction of sp³-hybridized carbons (Fsp3) is 0.556. The summed E-state index contributed by atoms with van der Waals surface area (Å²) in [6.07, 6.45) is 5.12. The molecule has 26 heavy (non-hydrogen) atoms. The first kappa shape index (κ1) is 18.3. The van der Waals surface area contributed by atoms with Crippen molar-refractivity contribution in [3.63, 3.8) is 0 Å². The van der Waals surface area contributed by atoms with Gasteiger partial charge in [-0.05, 0) is 31.4 Å². The topological polar surface area (TPSA) is 94.8 Å². The number of rotatable bonds is 7. The molecule has 140 valence electrons. The summed E-state index contributed by atoms with van der Waals surface area (Å²) in [6.45, 7) is 3.70. The minimum atomic E-state index is -0.304. The Labute approximate surface area is 151 Å². The van der Waals surface area contributed by atoms with Gasteiger partial charge in [-0.3, -0.25) is 9.59 Å². The maximum absolute atomic E-state index is 12.0. The fourth-order valence-corrected chi connectivity index (χ4v) is 3.08. The fourth-order valence-electron chi connectivity index (χ4n) is 3.08. The van der Waals surface area contributed by atoms with Crippen LogP contribution in [0.2, 0.25) is 0 Å². The van der Waals surface area contributed by atoms with Gasteiger partial charge >= 0.3 is 5.97 Å². The van der Waals surface area contributed by atoms with E-state index in [1.165, 1.54) is 13.3 Å². The Morgan fingerprint density at radius 3 is 3.00 bits per heavy atom. The Morgan fingerprint density at radius 2 is 2.23 bits per heavy atom. The molecular formula is C18H24N4O4. The van der Waals surface area contributed by atoms with E-state index in [1.54, 1.807) is 4.52 Å². The number of hydrogen-bond acceptors (Lipinski definition) is 6. The Morgan fingerprint density at radius 1 is 1.38 bits per heavy atom. The molecule has 1 aliphatic rings. The summed E-state index contributed by atoms with van der Waals surface area (Å²) in [7, 11) is 0. The van der Waals surface area contributed by atoms with Crippen LogP contribution in [0.1, 0.15) is 57.7 Å². The zero-order valence-electron chi connectivity index (χ0n) is 15.1. The number of carbonyl (C=O) groups excluding carboxylic acids is 2. The molecule has 2 aromatic heterocycles. The van der Waals surface area contributed by atoms with Gasteiger partial charge in [-0.25, -0.2) is 9.50 Å². The smallest absolute Gasteiger partial charge is 0.302 e. The van der Waals surface area contributed by atoms with Gasteiger partial charge in [0.2, 0.25) is 5.91 Å². The summed E-state index contributed by atoms with van der Waals surface area (Å²) >= 11 is 0. The Hall–Kier alpha value is -2.48. The first-order chi connectivity index (χ1) is 12.6. The van der Waals surface area contributed by atoms with Gasteiger partial charge < -0.3 is 14.8 Å². The van der Waals surface area contributed by atoms with Crippen LogP contribution in [0.15, 0.2) is 18.5 Å². The molecule has 0 aromatic carbocycles. The van der Waals surface area contributed by atoms with Crippen molar-refractivity contribution in [2.45, 2.75) is 58.2 Å². The highest BCUT2D eigenvalue weighted by Crippen LogP contribution is 2.34. The molecular weight excluding hydrogens is 336 g/mol. The number of aromatic nitrogens is 3. The maximum Gasteiger partial charge on any atom is 0.302 e. The van der Waals surface area contributed by atoms with Crippen molar-refractivity contribution in [2.24, 2.45) is 0 Å². The van der Waals surface area contributed by atoms with Crippen molar-refractivity contribution < 1.29 is 19.1 Å². The summed E-state index contributed by atoms with van der Waals surface area (Å²) in [4.78, 5) is 27.1. The largest absolute Gasteiger partial charge is 0.463 e. The molecule has 1 aliphatic heterocycles. The Kier molecular flexibility index (Phi) is 5.82. The van der Waals surface area contributed by atoms with E-state index in [0.29, 0.717) is 12.2 Å². The second-order valence-electron chi connectivity index (χ2n) is 6.44. The van der Waals surface area contributed by atoms with Crippen molar-refractivity contribution in [2.75, 3.05) is 11.9 Å². The van der Waals surface area contributed by atoms with Gasteiger partial charge in [0.25, 0.3) is 0 Å². The van der Waals surface area contributed by atoms with E-state index in [0.717, 1.165) is 36.9 Å². The SMILES string of the molecule is CCCCC(=O)Nc1ncnn2c(C3CCC(COC(C)=O)O3)ccc12. The third-order valence-electron chi connectivity index (χ3n) is 4.41. The number of unbranched alkanes of at least 4 members (excludes halogenated alkanes) is 1. The van der Waals surface area contributed by atoms with Crippen LogP contribution in [0, 0.1) is 0 Å². The zero-order valence-corrected chi connectivity index (χ0v) is 15.1. The highest BCUT2D eigenvalue weighted by atomic mass is 16.6. The van der Waals surface area contributed by atoms with Gasteiger partial charge in [0, 0.05) is 13.3 Å². The minimum Gasteiger partial charge on any atom is -0.463 e. The molecule has 2 unspecified atom stereocenters. The standard InChI is InChI=1S/C18H24N4O4/c1-3-4-5-17(24)21-18-15-8-7-14(22(15)20-11-19-18)16-9-6-13(26-16)10-25-12(2)23/h7-8,11,13,16H,3-6,9-10H2,1-2H3,(H,19,20,21,24). The minimum absolute atomic E-state index is 0.0474. The van der Waals surface area contributed by atoms with Gasteiger partial charge in [-0.2, -0.15) is 5.10 Å². The van der Waals surface area contributed by atoms with Crippen LogP contribution in [-0.4, -0.2) is 39.2 Å². The number of ether oxygens (including phenoxy) is 2.